The van der Waals surface area contributed by atoms with Crippen molar-refractivity contribution in [2.45, 2.75) is 51.7 Å². The molecule has 0 spiro atoms. The molecule has 4 nitrogen and oxygen atoms in total. The number of hydrogen-bond donors (Lipinski definition) is 1. The molecule has 1 aromatic heterocycles. The number of hydrogen-bond acceptors (Lipinski definition) is 3. The van der Waals surface area contributed by atoms with E-state index in [0.717, 1.165) is 13.1 Å². The van der Waals surface area contributed by atoms with E-state index in [1.54, 1.807) is 0 Å². The number of nitrogens with one attached hydrogen (secondary N) is 1. The van der Waals surface area contributed by atoms with Crippen LogP contribution in [-0.2, 0) is 6.54 Å². The van der Waals surface area contributed by atoms with Crippen LogP contribution >= 0.6 is 0 Å². The van der Waals surface area contributed by atoms with Crippen molar-refractivity contribution >= 4 is 0 Å². The number of rotatable bonds is 5. The van der Waals surface area contributed by atoms with E-state index >= 15 is 0 Å². The van der Waals surface area contributed by atoms with Crippen LogP contribution in [-0.4, -0.2) is 40.6 Å². The lowest BCUT2D eigenvalue weighted by molar-refractivity contribution is 0.135. The van der Waals surface area contributed by atoms with Gasteiger partial charge in [0.25, 0.3) is 0 Å². The molecule has 0 saturated carbocycles. The topological polar surface area (TPSA) is 33.1 Å². The van der Waals surface area contributed by atoms with E-state index in [9.17, 15) is 0 Å². The second-order valence-electron chi connectivity index (χ2n) is 5.56. The van der Waals surface area contributed by atoms with E-state index in [1.807, 2.05) is 19.6 Å². The Labute approximate surface area is 110 Å². The van der Waals surface area contributed by atoms with Gasteiger partial charge in [0.05, 0.1) is 12.0 Å². The molecule has 1 N–H and O–H groups in total. The van der Waals surface area contributed by atoms with Gasteiger partial charge in [-0.3, -0.25) is 4.90 Å². The normalized spacial score (nSPS) is 21.7. The second kappa shape index (κ2) is 6.34. The molecule has 0 amide bonds. The van der Waals surface area contributed by atoms with Crippen LogP contribution in [0.25, 0.3) is 0 Å². The van der Waals surface area contributed by atoms with Crippen LogP contribution in [0, 0.1) is 0 Å². The standard InChI is InChI=1S/C14H26N4/c1-12(2)18-11-16-9-14(18)10-17-7-5-4-6-13(17)8-15-3/h9,11-13,15H,4-8,10H2,1-3H3. The molecule has 1 aliphatic rings. The lowest BCUT2D eigenvalue weighted by atomic mass is 10.0. The first-order chi connectivity index (χ1) is 8.72. The van der Waals surface area contributed by atoms with Crippen LogP contribution < -0.4 is 5.32 Å². The molecular formula is C14H26N4. The molecular weight excluding hydrogens is 224 g/mol. The first kappa shape index (κ1) is 13.6. The smallest absolute Gasteiger partial charge is 0.0951 e. The number of aromatic nitrogens is 2. The van der Waals surface area contributed by atoms with E-state index < -0.39 is 0 Å². The molecule has 0 aromatic carbocycles. The molecule has 102 valence electrons. The van der Waals surface area contributed by atoms with Crippen LogP contribution in [0.3, 0.4) is 0 Å². The van der Waals surface area contributed by atoms with E-state index in [4.69, 9.17) is 0 Å². The summed E-state index contributed by atoms with van der Waals surface area (Å²) in [7, 11) is 2.05. The molecule has 0 bridgehead atoms. The molecule has 1 atom stereocenters. The van der Waals surface area contributed by atoms with Crippen molar-refractivity contribution in [2.24, 2.45) is 0 Å². The molecule has 1 fully saturated rings. The third kappa shape index (κ3) is 3.12. The van der Waals surface area contributed by atoms with Crippen LogP contribution in [0.4, 0.5) is 0 Å². The van der Waals surface area contributed by atoms with Gasteiger partial charge >= 0.3 is 0 Å². The van der Waals surface area contributed by atoms with Crippen molar-refractivity contribution < 1.29 is 0 Å². The van der Waals surface area contributed by atoms with Crippen molar-refractivity contribution in [3.8, 4) is 0 Å². The third-order valence-electron chi connectivity index (χ3n) is 3.86. The summed E-state index contributed by atoms with van der Waals surface area (Å²) in [5.41, 5.74) is 1.34. The molecule has 0 radical (unpaired) electrons. The molecule has 1 aromatic rings. The fourth-order valence-corrected chi connectivity index (χ4v) is 2.86. The first-order valence-corrected chi connectivity index (χ1v) is 7.11. The van der Waals surface area contributed by atoms with E-state index in [1.165, 1.54) is 31.5 Å². The Bertz CT molecular complexity index is 356. The molecule has 4 heteroatoms. The predicted molar refractivity (Wildman–Crippen MR) is 74.6 cm³/mol. The molecule has 2 heterocycles. The van der Waals surface area contributed by atoms with Crippen LogP contribution in [0.1, 0.15) is 44.8 Å². The summed E-state index contributed by atoms with van der Waals surface area (Å²) >= 11 is 0. The molecule has 18 heavy (non-hydrogen) atoms. The van der Waals surface area contributed by atoms with Gasteiger partial charge in [0.2, 0.25) is 0 Å². The van der Waals surface area contributed by atoms with E-state index in [2.05, 4.69) is 33.6 Å². The van der Waals surface area contributed by atoms with Gasteiger partial charge in [0.15, 0.2) is 0 Å². The van der Waals surface area contributed by atoms with E-state index in [-0.39, 0.29) is 0 Å². The van der Waals surface area contributed by atoms with Gasteiger partial charge in [-0.15, -0.1) is 0 Å². The van der Waals surface area contributed by atoms with Crippen molar-refractivity contribution in [2.75, 3.05) is 20.1 Å². The maximum absolute atomic E-state index is 4.30. The highest BCUT2D eigenvalue weighted by Gasteiger charge is 2.22. The average Bonchev–Trinajstić information content (AvgIpc) is 2.80. The van der Waals surface area contributed by atoms with Crippen LogP contribution in [0.5, 0.6) is 0 Å². The second-order valence-corrected chi connectivity index (χ2v) is 5.56. The monoisotopic (exact) mass is 250 g/mol. The van der Waals surface area contributed by atoms with Gasteiger partial charge in [-0.05, 0) is 40.3 Å². The predicted octanol–water partition coefficient (Wildman–Crippen LogP) is 2.04. The minimum absolute atomic E-state index is 0.495. The summed E-state index contributed by atoms with van der Waals surface area (Å²) in [4.78, 5) is 6.91. The van der Waals surface area contributed by atoms with Gasteiger partial charge in [-0.25, -0.2) is 4.98 Å². The molecule has 2 rings (SSSR count). The Morgan fingerprint density at radius 2 is 2.28 bits per heavy atom. The van der Waals surface area contributed by atoms with Crippen molar-refractivity contribution in [3.63, 3.8) is 0 Å². The Morgan fingerprint density at radius 3 is 3.00 bits per heavy atom. The zero-order chi connectivity index (χ0) is 13.0. The number of nitrogens with zero attached hydrogens (tertiary/aromatic N) is 3. The van der Waals surface area contributed by atoms with Gasteiger partial charge in [0, 0.05) is 31.4 Å². The Morgan fingerprint density at radius 1 is 1.44 bits per heavy atom. The summed E-state index contributed by atoms with van der Waals surface area (Å²) in [6.07, 6.45) is 7.99. The van der Waals surface area contributed by atoms with Crippen LogP contribution in [0.2, 0.25) is 0 Å². The number of imidazole rings is 1. The highest BCUT2D eigenvalue weighted by molar-refractivity contribution is 5.01. The van der Waals surface area contributed by atoms with Gasteiger partial charge < -0.3 is 9.88 Å². The maximum atomic E-state index is 4.30. The summed E-state index contributed by atoms with van der Waals surface area (Å²) in [6.45, 7) is 7.77. The van der Waals surface area contributed by atoms with Gasteiger partial charge in [-0.2, -0.15) is 0 Å². The lowest BCUT2D eigenvalue weighted by Gasteiger charge is -2.35. The number of likely N-dealkylation sites (tertiary alicyclic amines) is 1. The third-order valence-corrected chi connectivity index (χ3v) is 3.86. The highest BCUT2D eigenvalue weighted by atomic mass is 15.2. The fraction of sp³-hybridized carbons (Fsp3) is 0.786. The SMILES string of the molecule is CNCC1CCCCN1Cc1cncn1C(C)C. The zero-order valence-corrected chi connectivity index (χ0v) is 11.9. The highest BCUT2D eigenvalue weighted by Crippen LogP contribution is 2.20. The Kier molecular flexibility index (Phi) is 4.78. The van der Waals surface area contributed by atoms with Gasteiger partial charge in [-0.1, -0.05) is 6.42 Å². The summed E-state index contributed by atoms with van der Waals surface area (Å²) in [5, 5.41) is 3.32. The van der Waals surface area contributed by atoms with Gasteiger partial charge in [0.1, 0.15) is 0 Å². The van der Waals surface area contributed by atoms with Crippen LogP contribution in [0.15, 0.2) is 12.5 Å². The number of piperidine rings is 1. The quantitative estimate of drug-likeness (QED) is 0.868. The van der Waals surface area contributed by atoms with Crippen molar-refractivity contribution in [1.29, 1.82) is 0 Å². The molecule has 0 aliphatic carbocycles. The van der Waals surface area contributed by atoms with Crippen molar-refractivity contribution in [1.82, 2.24) is 19.8 Å². The lowest BCUT2D eigenvalue weighted by Crippen LogP contribution is -2.44. The van der Waals surface area contributed by atoms with Crippen molar-refractivity contribution in [3.05, 3.63) is 18.2 Å². The Hall–Kier alpha value is -0.870. The fourth-order valence-electron chi connectivity index (χ4n) is 2.86. The molecule has 1 aliphatic heterocycles. The maximum Gasteiger partial charge on any atom is 0.0951 e. The number of likely N-dealkylation sites (N-methyl/N-ethyl adjacent to an activating group) is 1. The summed E-state index contributed by atoms with van der Waals surface area (Å²) < 4.78 is 2.28. The summed E-state index contributed by atoms with van der Waals surface area (Å²) in [6, 6.07) is 1.18. The minimum atomic E-state index is 0.495. The molecule has 1 unspecified atom stereocenters. The summed E-state index contributed by atoms with van der Waals surface area (Å²) in [5.74, 6) is 0. The van der Waals surface area contributed by atoms with E-state index in [0.29, 0.717) is 12.1 Å². The largest absolute Gasteiger partial charge is 0.331 e. The minimum Gasteiger partial charge on any atom is -0.331 e. The first-order valence-electron chi connectivity index (χ1n) is 7.11. The molecule has 1 saturated heterocycles. The zero-order valence-electron chi connectivity index (χ0n) is 11.9. The average molecular weight is 250 g/mol. The Balaban J connectivity index is 2.03.